The van der Waals surface area contributed by atoms with Gasteiger partial charge in [0.25, 0.3) is 0 Å². The Kier molecular flexibility index (Phi) is 1.86. The van der Waals surface area contributed by atoms with E-state index >= 15 is 0 Å². The highest BCUT2D eigenvalue weighted by Gasteiger charge is 2.48. The molecule has 78 valence electrons. The van der Waals surface area contributed by atoms with E-state index in [1.807, 2.05) is 6.08 Å². The largest absolute Gasteiger partial charge is 0.369 e. The Morgan fingerprint density at radius 2 is 2.33 bits per heavy atom. The van der Waals surface area contributed by atoms with Crippen molar-refractivity contribution >= 4 is 5.69 Å². The van der Waals surface area contributed by atoms with Crippen molar-refractivity contribution in [2.24, 2.45) is 0 Å². The summed E-state index contributed by atoms with van der Waals surface area (Å²) in [6, 6.07) is 8.64. The Balaban J connectivity index is 2.12. The molecule has 0 spiro atoms. The minimum absolute atomic E-state index is 0.248. The molecule has 0 amide bonds. The van der Waals surface area contributed by atoms with Crippen LogP contribution in [-0.4, -0.2) is 12.7 Å². The molecule has 2 heterocycles. The highest BCUT2D eigenvalue weighted by molar-refractivity contribution is 5.62. The van der Waals surface area contributed by atoms with Gasteiger partial charge in [0.05, 0.1) is 6.17 Å². The fraction of sp³-hybridized carbons (Fsp3) is 0.385. The summed E-state index contributed by atoms with van der Waals surface area (Å²) in [5.74, 6) is 0. The third-order valence-electron chi connectivity index (χ3n) is 3.74. The Labute approximate surface area is 90.4 Å². The van der Waals surface area contributed by atoms with Gasteiger partial charge in [-0.25, -0.2) is 0 Å². The highest BCUT2D eigenvalue weighted by atomic mass is 15.2. The van der Waals surface area contributed by atoms with Crippen LogP contribution in [0.1, 0.15) is 18.4 Å². The van der Waals surface area contributed by atoms with Gasteiger partial charge in [0.2, 0.25) is 0 Å². The van der Waals surface area contributed by atoms with Crippen LogP contribution in [0.25, 0.3) is 0 Å². The lowest BCUT2D eigenvalue weighted by atomic mass is 9.76. The molecule has 2 N–H and O–H groups in total. The Bertz CT molecular complexity index is 399. The molecule has 2 heteroatoms. The van der Waals surface area contributed by atoms with E-state index in [1.54, 1.807) is 0 Å². The first-order valence-electron chi connectivity index (χ1n) is 5.57. The van der Waals surface area contributed by atoms with Crippen LogP contribution in [0, 0.1) is 0 Å². The number of nitrogens with one attached hydrogen (secondary N) is 2. The fourth-order valence-corrected chi connectivity index (χ4v) is 3.04. The zero-order chi connectivity index (χ0) is 10.3. The van der Waals surface area contributed by atoms with E-state index in [4.69, 9.17) is 0 Å². The van der Waals surface area contributed by atoms with Gasteiger partial charge in [-0.2, -0.15) is 0 Å². The van der Waals surface area contributed by atoms with Crippen LogP contribution in [0.2, 0.25) is 0 Å². The molecule has 2 aliphatic rings. The van der Waals surface area contributed by atoms with Crippen molar-refractivity contribution in [3.05, 3.63) is 42.5 Å². The summed E-state index contributed by atoms with van der Waals surface area (Å²) >= 11 is 0. The van der Waals surface area contributed by atoms with E-state index in [9.17, 15) is 0 Å². The quantitative estimate of drug-likeness (QED) is 0.715. The lowest BCUT2D eigenvalue weighted by Gasteiger charge is -2.27. The summed E-state index contributed by atoms with van der Waals surface area (Å²) in [7, 11) is 0. The number of allylic oxidation sites excluding steroid dienone is 1. The topological polar surface area (TPSA) is 24.1 Å². The Morgan fingerprint density at radius 3 is 3.20 bits per heavy atom. The molecule has 0 aliphatic carbocycles. The molecule has 0 aromatic heterocycles. The maximum absolute atomic E-state index is 3.90. The normalized spacial score (nSPS) is 31.9. The number of hydrogen-bond acceptors (Lipinski definition) is 2. The maximum Gasteiger partial charge on any atom is 0.0871 e. The molecule has 0 unspecified atom stereocenters. The van der Waals surface area contributed by atoms with Crippen LogP contribution in [-0.2, 0) is 5.41 Å². The molecule has 0 saturated carbocycles. The number of benzene rings is 1. The Morgan fingerprint density at radius 1 is 1.47 bits per heavy atom. The second-order valence-electron chi connectivity index (χ2n) is 4.48. The van der Waals surface area contributed by atoms with Gasteiger partial charge in [-0.1, -0.05) is 24.3 Å². The van der Waals surface area contributed by atoms with Gasteiger partial charge >= 0.3 is 0 Å². The van der Waals surface area contributed by atoms with Crippen LogP contribution in [0.15, 0.2) is 36.9 Å². The van der Waals surface area contributed by atoms with Crippen molar-refractivity contribution in [2.45, 2.75) is 24.4 Å². The first-order chi connectivity index (χ1) is 7.37. The van der Waals surface area contributed by atoms with Gasteiger partial charge in [-0.3, -0.25) is 5.32 Å². The summed E-state index contributed by atoms with van der Waals surface area (Å²) in [6.45, 7) is 4.99. The van der Waals surface area contributed by atoms with E-state index in [0.29, 0.717) is 6.17 Å². The average molecular weight is 200 g/mol. The second kappa shape index (κ2) is 3.11. The maximum atomic E-state index is 3.90. The molecule has 0 bridgehead atoms. The third kappa shape index (κ3) is 1.08. The van der Waals surface area contributed by atoms with E-state index < -0.39 is 0 Å². The third-order valence-corrected chi connectivity index (χ3v) is 3.74. The molecule has 2 nitrogen and oxygen atoms in total. The summed E-state index contributed by atoms with van der Waals surface area (Å²) in [5.41, 5.74) is 3.00. The minimum atomic E-state index is 0.248. The summed E-state index contributed by atoms with van der Waals surface area (Å²) in [5, 5.41) is 7.10. The first kappa shape index (κ1) is 8.98. The number of rotatable bonds is 2. The second-order valence-corrected chi connectivity index (χ2v) is 4.48. The average Bonchev–Trinajstić information content (AvgIpc) is 2.74. The zero-order valence-corrected chi connectivity index (χ0v) is 8.79. The van der Waals surface area contributed by atoms with Crippen molar-refractivity contribution in [2.75, 3.05) is 11.9 Å². The minimum Gasteiger partial charge on any atom is -0.369 e. The van der Waals surface area contributed by atoms with E-state index in [2.05, 4.69) is 41.5 Å². The van der Waals surface area contributed by atoms with Gasteiger partial charge in [0.15, 0.2) is 0 Å². The van der Waals surface area contributed by atoms with Crippen molar-refractivity contribution < 1.29 is 0 Å². The van der Waals surface area contributed by atoms with Gasteiger partial charge in [0.1, 0.15) is 0 Å². The highest BCUT2D eigenvalue weighted by Crippen LogP contribution is 2.47. The predicted molar refractivity (Wildman–Crippen MR) is 63.0 cm³/mol. The van der Waals surface area contributed by atoms with E-state index in [0.717, 1.165) is 13.0 Å². The molecular formula is C13H16N2. The Hall–Kier alpha value is -1.28. The molecule has 1 aromatic carbocycles. The predicted octanol–water partition coefficient (Wildman–Crippen LogP) is 2.25. The molecule has 2 atom stereocenters. The standard InChI is InChI=1S/C13H16N2/c1-2-7-13-8-9-14-12(13)15-11-6-4-3-5-10(11)13/h2-6,12,14-15H,1,7-9H2/t12-,13-/m0/s1. The number of para-hydroxylation sites is 1. The molecule has 15 heavy (non-hydrogen) atoms. The lowest BCUT2D eigenvalue weighted by Crippen LogP contribution is -2.40. The molecule has 1 aromatic rings. The van der Waals surface area contributed by atoms with Crippen LogP contribution in [0.3, 0.4) is 0 Å². The van der Waals surface area contributed by atoms with Crippen LogP contribution >= 0.6 is 0 Å². The summed E-state index contributed by atoms with van der Waals surface area (Å²) in [6.07, 6.45) is 4.69. The first-order valence-corrected chi connectivity index (χ1v) is 5.57. The van der Waals surface area contributed by atoms with Gasteiger partial charge in [-0.15, -0.1) is 6.58 Å². The van der Waals surface area contributed by atoms with Crippen molar-refractivity contribution in [3.8, 4) is 0 Å². The van der Waals surface area contributed by atoms with Crippen molar-refractivity contribution in [1.82, 2.24) is 5.32 Å². The van der Waals surface area contributed by atoms with Gasteiger partial charge < -0.3 is 5.32 Å². The van der Waals surface area contributed by atoms with Gasteiger partial charge in [0, 0.05) is 11.1 Å². The smallest absolute Gasteiger partial charge is 0.0871 e. The molecule has 3 rings (SSSR count). The van der Waals surface area contributed by atoms with Gasteiger partial charge in [-0.05, 0) is 31.0 Å². The summed E-state index contributed by atoms with van der Waals surface area (Å²) in [4.78, 5) is 0. The van der Waals surface area contributed by atoms with Crippen molar-refractivity contribution in [1.29, 1.82) is 0 Å². The monoisotopic (exact) mass is 200 g/mol. The number of hydrogen-bond donors (Lipinski definition) is 2. The SMILES string of the molecule is C=CC[C@@]12CCN[C@H]1Nc1ccccc12. The molecule has 1 saturated heterocycles. The van der Waals surface area contributed by atoms with E-state index in [-0.39, 0.29) is 5.41 Å². The molecular weight excluding hydrogens is 184 g/mol. The number of anilines is 1. The van der Waals surface area contributed by atoms with Crippen LogP contribution in [0.5, 0.6) is 0 Å². The van der Waals surface area contributed by atoms with Crippen molar-refractivity contribution in [3.63, 3.8) is 0 Å². The fourth-order valence-electron chi connectivity index (χ4n) is 3.04. The lowest BCUT2D eigenvalue weighted by molar-refractivity contribution is 0.424. The van der Waals surface area contributed by atoms with E-state index in [1.165, 1.54) is 17.7 Å². The van der Waals surface area contributed by atoms with Crippen LogP contribution in [0.4, 0.5) is 5.69 Å². The molecule has 2 aliphatic heterocycles. The zero-order valence-electron chi connectivity index (χ0n) is 8.79. The molecule has 0 radical (unpaired) electrons. The van der Waals surface area contributed by atoms with Crippen LogP contribution < -0.4 is 10.6 Å². The molecule has 1 fully saturated rings. The number of fused-ring (bicyclic) bond motifs is 3. The summed E-state index contributed by atoms with van der Waals surface area (Å²) < 4.78 is 0.